The monoisotopic (exact) mass is 406 g/mol. The third-order valence-corrected chi connectivity index (χ3v) is 5.82. The number of rotatable bonds is 6. The molecule has 1 aromatic heterocycles. The van der Waals surface area contributed by atoms with E-state index in [9.17, 15) is 0 Å². The SMILES string of the molecule is CCC(Oc1cccc(C)c1)c1nc2ccccc2n1Cc1cccc2ccccc12. The number of hydrogen-bond acceptors (Lipinski definition) is 2. The maximum Gasteiger partial charge on any atom is 0.156 e. The maximum absolute atomic E-state index is 6.44. The topological polar surface area (TPSA) is 27.1 Å². The van der Waals surface area contributed by atoms with Gasteiger partial charge in [-0.2, -0.15) is 0 Å². The average Bonchev–Trinajstić information content (AvgIpc) is 3.16. The molecule has 0 saturated carbocycles. The lowest BCUT2D eigenvalue weighted by Gasteiger charge is -2.20. The van der Waals surface area contributed by atoms with E-state index in [1.807, 2.05) is 18.2 Å². The Hall–Kier alpha value is -3.59. The van der Waals surface area contributed by atoms with Crippen LogP contribution in [0.3, 0.4) is 0 Å². The van der Waals surface area contributed by atoms with E-state index in [1.165, 1.54) is 21.9 Å². The number of nitrogens with zero attached hydrogens (tertiary/aromatic N) is 2. The molecule has 0 aliphatic heterocycles. The second kappa shape index (κ2) is 8.27. The van der Waals surface area contributed by atoms with E-state index in [0.29, 0.717) is 0 Å². The quantitative estimate of drug-likeness (QED) is 0.301. The van der Waals surface area contributed by atoms with Gasteiger partial charge in [0.05, 0.1) is 17.6 Å². The highest BCUT2D eigenvalue weighted by molar-refractivity contribution is 5.86. The molecule has 1 atom stereocenters. The molecule has 1 unspecified atom stereocenters. The molecule has 0 N–H and O–H groups in total. The first kappa shape index (κ1) is 19.4. The molecule has 0 aliphatic rings. The summed E-state index contributed by atoms with van der Waals surface area (Å²) in [5.41, 5.74) is 4.62. The fourth-order valence-electron chi connectivity index (χ4n) is 4.28. The Balaban J connectivity index is 1.61. The normalized spacial score (nSPS) is 12.3. The van der Waals surface area contributed by atoms with Gasteiger partial charge in [-0.3, -0.25) is 0 Å². The van der Waals surface area contributed by atoms with Crippen LogP contribution in [0.25, 0.3) is 21.8 Å². The first-order valence-electron chi connectivity index (χ1n) is 10.9. The molecule has 154 valence electrons. The second-order valence-corrected chi connectivity index (χ2v) is 8.01. The number of para-hydroxylation sites is 2. The van der Waals surface area contributed by atoms with Crippen LogP contribution >= 0.6 is 0 Å². The van der Waals surface area contributed by atoms with Crippen LogP contribution < -0.4 is 4.74 Å². The highest BCUT2D eigenvalue weighted by atomic mass is 16.5. The zero-order valence-corrected chi connectivity index (χ0v) is 18.0. The van der Waals surface area contributed by atoms with Crippen LogP contribution in [-0.2, 0) is 6.54 Å². The maximum atomic E-state index is 6.44. The van der Waals surface area contributed by atoms with Gasteiger partial charge >= 0.3 is 0 Å². The van der Waals surface area contributed by atoms with E-state index in [0.717, 1.165) is 35.6 Å². The predicted molar refractivity (Wildman–Crippen MR) is 128 cm³/mol. The van der Waals surface area contributed by atoms with Crippen molar-refractivity contribution in [1.29, 1.82) is 0 Å². The molecule has 31 heavy (non-hydrogen) atoms. The standard InChI is InChI=1S/C28H26N2O/c1-3-27(31-23-14-8-10-20(2)18-23)28-29-25-16-6-7-17-26(25)30(28)19-22-13-9-12-21-11-4-5-15-24(21)22/h4-18,27H,3,19H2,1-2H3. The third-order valence-electron chi connectivity index (χ3n) is 5.82. The van der Waals surface area contributed by atoms with Crippen LogP contribution in [-0.4, -0.2) is 9.55 Å². The highest BCUT2D eigenvalue weighted by Gasteiger charge is 2.21. The number of ether oxygens (including phenoxy) is 1. The lowest BCUT2D eigenvalue weighted by Crippen LogP contribution is -2.15. The van der Waals surface area contributed by atoms with Crippen molar-refractivity contribution in [3.8, 4) is 5.75 Å². The molecule has 5 aromatic rings. The Bertz CT molecular complexity index is 1350. The van der Waals surface area contributed by atoms with Crippen molar-refractivity contribution in [1.82, 2.24) is 9.55 Å². The van der Waals surface area contributed by atoms with Crippen LogP contribution in [0.4, 0.5) is 0 Å². The first-order chi connectivity index (χ1) is 15.2. The number of aryl methyl sites for hydroxylation is 1. The van der Waals surface area contributed by atoms with Crippen LogP contribution in [0.5, 0.6) is 5.75 Å². The molecule has 3 nitrogen and oxygen atoms in total. The minimum absolute atomic E-state index is 0.121. The van der Waals surface area contributed by atoms with Gasteiger partial charge in [0.15, 0.2) is 11.9 Å². The van der Waals surface area contributed by atoms with E-state index in [-0.39, 0.29) is 6.10 Å². The molecule has 0 spiro atoms. The zero-order valence-electron chi connectivity index (χ0n) is 18.0. The van der Waals surface area contributed by atoms with Gasteiger partial charge in [-0.1, -0.05) is 73.7 Å². The fraction of sp³-hybridized carbons (Fsp3) is 0.179. The Labute approximate surface area is 182 Å². The number of imidazole rings is 1. The summed E-state index contributed by atoms with van der Waals surface area (Å²) >= 11 is 0. The molecule has 1 heterocycles. The molecule has 4 aromatic carbocycles. The van der Waals surface area contributed by atoms with E-state index < -0.39 is 0 Å². The molecule has 0 bridgehead atoms. The number of fused-ring (bicyclic) bond motifs is 2. The minimum Gasteiger partial charge on any atom is -0.483 e. The molecule has 0 aliphatic carbocycles. The van der Waals surface area contributed by atoms with Crippen molar-refractivity contribution in [2.75, 3.05) is 0 Å². The number of hydrogen-bond donors (Lipinski definition) is 0. The van der Waals surface area contributed by atoms with Gasteiger partial charge in [0, 0.05) is 0 Å². The van der Waals surface area contributed by atoms with Gasteiger partial charge in [-0.25, -0.2) is 4.98 Å². The predicted octanol–water partition coefficient (Wildman–Crippen LogP) is 7.08. The zero-order chi connectivity index (χ0) is 21.2. The highest BCUT2D eigenvalue weighted by Crippen LogP contribution is 2.30. The third kappa shape index (κ3) is 3.79. The van der Waals surface area contributed by atoms with Crippen molar-refractivity contribution in [3.05, 3.63) is 108 Å². The van der Waals surface area contributed by atoms with Crippen LogP contribution in [0, 0.1) is 6.92 Å². The van der Waals surface area contributed by atoms with E-state index >= 15 is 0 Å². The summed E-state index contributed by atoms with van der Waals surface area (Å²) in [6.07, 6.45) is 0.719. The Morgan fingerprint density at radius 1 is 0.871 bits per heavy atom. The van der Waals surface area contributed by atoms with Gasteiger partial charge in [0.2, 0.25) is 0 Å². The Morgan fingerprint density at radius 3 is 2.52 bits per heavy atom. The molecule has 3 heteroatoms. The number of benzene rings is 4. The molecule has 0 radical (unpaired) electrons. The summed E-state index contributed by atoms with van der Waals surface area (Å²) < 4.78 is 8.76. The second-order valence-electron chi connectivity index (χ2n) is 8.01. The minimum atomic E-state index is -0.121. The van der Waals surface area contributed by atoms with Crippen molar-refractivity contribution >= 4 is 21.8 Å². The summed E-state index contributed by atoms with van der Waals surface area (Å²) in [5, 5.41) is 2.54. The molecule has 0 saturated heterocycles. The van der Waals surface area contributed by atoms with Gasteiger partial charge in [-0.15, -0.1) is 0 Å². The van der Waals surface area contributed by atoms with Gasteiger partial charge in [-0.05, 0) is 59.5 Å². The lowest BCUT2D eigenvalue weighted by atomic mass is 10.0. The average molecular weight is 407 g/mol. The summed E-state index contributed by atoms with van der Waals surface area (Å²) in [6, 6.07) is 31.7. The van der Waals surface area contributed by atoms with Crippen molar-refractivity contribution in [2.45, 2.75) is 32.9 Å². The molecule has 5 rings (SSSR count). The smallest absolute Gasteiger partial charge is 0.156 e. The molecule has 0 amide bonds. The van der Waals surface area contributed by atoms with Crippen LogP contribution in [0.15, 0.2) is 91.0 Å². The fourth-order valence-corrected chi connectivity index (χ4v) is 4.28. The van der Waals surface area contributed by atoms with Gasteiger partial charge in [0.25, 0.3) is 0 Å². The summed E-state index contributed by atoms with van der Waals surface area (Å²) in [7, 11) is 0. The number of aromatic nitrogens is 2. The summed E-state index contributed by atoms with van der Waals surface area (Å²) in [4.78, 5) is 5.02. The van der Waals surface area contributed by atoms with E-state index in [1.54, 1.807) is 0 Å². The molecular formula is C28H26N2O. The van der Waals surface area contributed by atoms with Crippen molar-refractivity contribution in [2.24, 2.45) is 0 Å². The summed E-state index contributed by atoms with van der Waals surface area (Å²) in [6.45, 7) is 5.00. The van der Waals surface area contributed by atoms with E-state index in [4.69, 9.17) is 9.72 Å². The summed E-state index contributed by atoms with van der Waals surface area (Å²) in [5.74, 6) is 1.86. The van der Waals surface area contributed by atoms with Crippen LogP contribution in [0.1, 0.15) is 36.4 Å². The van der Waals surface area contributed by atoms with E-state index in [2.05, 4.69) is 91.2 Å². The van der Waals surface area contributed by atoms with Crippen molar-refractivity contribution < 1.29 is 4.74 Å². The molecule has 0 fully saturated rings. The Kier molecular flexibility index (Phi) is 5.17. The molecular weight excluding hydrogens is 380 g/mol. The lowest BCUT2D eigenvalue weighted by molar-refractivity contribution is 0.187. The van der Waals surface area contributed by atoms with Crippen molar-refractivity contribution in [3.63, 3.8) is 0 Å². The van der Waals surface area contributed by atoms with Gasteiger partial charge in [0.1, 0.15) is 5.75 Å². The largest absolute Gasteiger partial charge is 0.483 e. The first-order valence-corrected chi connectivity index (χ1v) is 10.9. The Morgan fingerprint density at radius 2 is 1.65 bits per heavy atom. The van der Waals surface area contributed by atoms with Gasteiger partial charge < -0.3 is 9.30 Å². The van der Waals surface area contributed by atoms with Crippen LogP contribution in [0.2, 0.25) is 0 Å².